The van der Waals surface area contributed by atoms with Gasteiger partial charge in [0.15, 0.2) is 6.61 Å². The number of amides is 3. The molecule has 0 aromatic heterocycles. The zero-order valence-corrected chi connectivity index (χ0v) is 15.7. The van der Waals surface area contributed by atoms with Crippen molar-refractivity contribution in [3.05, 3.63) is 0 Å². The Labute approximate surface area is 153 Å². The number of esters is 1. The Morgan fingerprint density at radius 3 is 2.36 bits per heavy atom. The van der Waals surface area contributed by atoms with Crippen LogP contribution in [0.1, 0.15) is 52.4 Å². The molecule has 4 saturated carbocycles. The van der Waals surface area contributed by atoms with Crippen LogP contribution in [0.2, 0.25) is 0 Å². The summed E-state index contributed by atoms with van der Waals surface area (Å²) < 4.78 is 5.27. The van der Waals surface area contributed by atoms with Crippen LogP contribution in [-0.4, -0.2) is 35.9 Å². The molecule has 7 heteroatoms. The zero-order valence-electron chi connectivity index (χ0n) is 14.9. The molecule has 25 heavy (non-hydrogen) atoms. The number of rotatable bonds is 5. The lowest BCUT2D eigenvalue weighted by atomic mass is 9.49. The molecule has 2 N–H and O–H groups in total. The standard InChI is InChI=1S/C18H27ClN2O4/c1-11(2)8-20-16(24)21-14(22)9-25-15(23)17-4-12-3-13(5-17)7-18(19,6-12)10-17/h11-13H,3-10H2,1-2H3,(H2,20,21,22,24)/t12-,13-,17?,18?/m0/s1. The van der Waals surface area contributed by atoms with Crippen molar-refractivity contribution in [2.75, 3.05) is 13.2 Å². The van der Waals surface area contributed by atoms with E-state index in [4.69, 9.17) is 16.3 Å². The van der Waals surface area contributed by atoms with Crippen molar-refractivity contribution < 1.29 is 19.1 Å². The third-order valence-corrected chi connectivity index (χ3v) is 6.12. The average Bonchev–Trinajstić information content (AvgIpc) is 2.48. The third kappa shape index (κ3) is 4.10. The number of hydrogen-bond donors (Lipinski definition) is 2. The normalized spacial score (nSPS) is 35.5. The first kappa shape index (κ1) is 18.5. The minimum Gasteiger partial charge on any atom is -0.455 e. The second kappa shape index (κ2) is 6.78. The highest BCUT2D eigenvalue weighted by Gasteiger charge is 2.60. The molecule has 4 rings (SSSR count). The summed E-state index contributed by atoms with van der Waals surface area (Å²) in [5.74, 6) is 0.325. The van der Waals surface area contributed by atoms with Gasteiger partial charge in [-0.05, 0) is 56.3 Å². The van der Waals surface area contributed by atoms with Gasteiger partial charge in [0.2, 0.25) is 0 Å². The minimum absolute atomic E-state index is 0.276. The van der Waals surface area contributed by atoms with Crippen molar-refractivity contribution in [2.24, 2.45) is 23.2 Å². The molecule has 0 radical (unpaired) electrons. The number of carbonyl (C=O) groups is 3. The van der Waals surface area contributed by atoms with Crippen LogP contribution in [0.25, 0.3) is 0 Å². The maximum Gasteiger partial charge on any atom is 0.321 e. The van der Waals surface area contributed by atoms with Crippen LogP contribution >= 0.6 is 11.6 Å². The van der Waals surface area contributed by atoms with E-state index in [1.165, 1.54) is 0 Å². The summed E-state index contributed by atoms with van der Waals surface area (Å²) in [6.07, 6.45) is 5.39. The molecule has 4 aliphatic carbocycles. The Morgan fingerprint density at radius 1 is 1.16 bits per heavy atom. The molecule has 4 fully saturated rings. The van der Waals surface area contributed by atoms with Gasteiger partial charge in [0.1, 0.15) is 0 Å². The molecule has 0 unspecified atom stereocenters. The fourth-order valence-corrected chi connectivity index (χ4v) is 5.87. The van der Waals surface area contributed by atoms with Crippen molar-refractivity contribution in [1.82, 2.24) is 10.6 Å². The number of alkyl halides is 1. The number of hydrogen-bond acceptors (Lipinski definition) is 4. The Kier molecular flexibility index (Phi) is 5.02. The monoisotopic (exact) mass is 370 g/mol. The van der Waals surface area contributed by atoms with Crippen LogP contribution in [-0.2, 0) is 14.3 Å². The molecule has 6 nitrogen and oxygen atoms in total. The fourth-order valence-electron chi connectivity index (χ4n) is 5.18. The average molecular weight is 371 g/mol. The largest absolute Gasteiger partial charge is 0.455 e. The van der Waals surface area contributed by atoms with Gasteiger partial charge >= 0.3 is 12.0 Å². The van der Waals surface area contributed by atoms with Crippen LogP contribution in [0.15, 0.2) is 0 Å². The first-order chi connectivity index (χ1) is 11.7. The van der Waals surface area contributed by atoms with E-state index in [0.29, 0.717) is 24.8 Å². The highest BCUT2D eigenvalue weighted by atomic mass is 35.5. The van der Waals surface area contributed by atoms with Crippen molar-refractivity contribution in [2.45, 2.75) is 57.2 Å². The van der Waals surface area contributed by atoms with Crippen molar-refractivity contribution in [3.63, 3.8) is 0 Å². The van der Waals surface area contributed by atoms with Crippen LogP contribution < -0.4 is 10.6 Å². The van der Waals surface area contributed by atoms with Gasteiger partial charge in [-0.3, -0.25) is 14.9 Å². The molecule has 4 bridgehead atoms. The highest BCUT2D eigenvalue weighted by molar-refractivity contribution is 6.24. The lowest BCUT2D eigenvalue weighted by molar-refractivity contribution is -0.171. The number of imide groups is 1. The second-order valence-electron chi connectivity index (χ2n) is 8.62. The van der Waals surface area contributed by atoms with E-state index in [-0.39, 0.29) is 16.8 Å². The molecule has 0 aromatic carbocycles. The van der Waals surface area contributed by atoms with E-state index in [9.17, 15) is 14.4 Å². The molecule has 4 aliphatic rings. The maximum atomic E-state index is 12.7. The molecule has 2 atom stereocenters. The third-order valence-electron chi connectivity index (χ3n) is 5.68. The van der Waals surface area contributed by atoms with E-state index in [2.05, 4.69) is 10.6 Å². The first-order valence-corrected chi connectivity index (χ1v) is 9.51. The summed E-state index contributed by atoms with van der Waals surface area (Å²) in [5.41, 5.74) is -0.536. The Hall–Kier alpha value is -1.30. The van der Waals surface area contributed by atoms with Gasteiger partial charge in [0.25, 0.3) is 5.91 Å². The van der Waals surface area contributed by atoms with Gasteiger partial charge in [0.05, 0.1) is 5.41 Å². The van der Waals surface area contributed by atoms with Gasteiger partial charge in [0, 0.05) is 11.4 Å². The Bertz CT molecular complexity index is 563. The van der Waals surface area contributed by atoms with Gasteiger partial charge in [-0.2, -0.15) is 0 Å². The molecular formula is C18H27ClN2O4. The molecule has 0 saturated heterocycles. The van der Waals surface area contributed by atoms with Gasteiger partial charge in [-0.1, -0.05) is 13.8 Å². The van der Waals surface area contributed by atoms with Crippen molar-refractivity contribution in [3.8, 4) is 0 Å². The topological polar surface area (TPSA) is 84.5 Å². The number of halogens is 1. The fraction of sp³-hybridized carbons (Fsp3) is 0.833. The summed E-state index contributed by atoms with van der Waals surface area (Å²) >= 11 is 6.72. The number of ether oxygens (including phenoxy) is 1. The summed E-state index contributed by atoms with van der Waals surface area (Å²) in [4.78, 5) is 35.8. The predicted octanol–water partition coefficient (Wildman–Crippen LogP) is 2.59. The number of carbonyl (C=O) groups excluding carboxylic acids is 3. The minimum atomic E-state index is -0.611. The van der Waals surface area contributed by atoms with E-state index in [0.717, 1.165) is 32.1 Å². The van der Waals surface area contributed by atoms with E-state index in [1.54, 1.807) is 0 Å². The van der Waals surface area contributed by atoms with E-state index >= 15 is 0 Å². The summed E-state index contributed by atoms with van der Waals surface area (Å²) in [7, 11) is 0. The van der Waals surface area contributed by atoms with Gasteiger partial charge in [-0.15, -0.1) is 11.6 Å². The van der Waals surface area contributed by atoms with Crippen LogP contribution in [0.5, 0.6) is 0 Å². The molecule has 140 valence electrons. The zero-order chi connectivity index (χ0) is 18.2. The highest BCUT2D eigenvalue weighted by Crippen LogP contribution is 2.64. The maximum absolute atomic E-state index is 12.7. The number of urea groups is 1. The molecule has 0 aromatic rings. The van der Waals surface area contributed by atoms with Crippen LogP contribution in [0, 0.1) is 23.2 Å². The quantitative estimate of drug-likeness (QED) is 0.575. The van der Waals surface area contributed by atoms with Gasteiger partial charge < -0.3 is 10.1 Å². The summed E-state index contributed by atoms with van der Waals surface area (Å²) in [6, 6.07) is -0.565. The first-order valence-electron chi connectivity index (χ1n) is 9.14. The summed E-state index contributed by atoms with van der Waals surface area (Å²) in [6.45, 7) is 3.96. The lowest BCUT2D eigenvalue weighted by Crippen LogP contribution is -2.56. The number of nitrogens with one attached hydrogen (secondary N) is 2. The van der Waals surface area contributed by atoms with Crippen molar-refractivity contribution in [1.29, 1.82) is 0 Å². The SMILES string of the molecule is CC(C)CNC(=O)NC(=O)COC(=O)C12C[C@@H]3C[C@H](CC(Cl)(C3)C1)C2. The molecule has 3 amide bonds. The molecule has 0 aliphatic heterocycles. The van der Waals surface area contributed by atoms with Crippen LogP contribution in [0.3, 0.4) is 0 Å². The molecule has 0 heterocycles. The van der Waals surface area contributed by atoms with Crippen LogP contribution in [0.4, 0.5) is 4.79 Å². The second-order valence-corrected chi connectivity index (χ2v) is 9.42. The smallest absolute Gasteiger partial charge is 0.321 e. The van der Waals surface area contributed by atoms with E-state index in [1.807, 2.05) is 13.8 Å². The Balaban J connectivity index is 1.50. The molecular weight excluding hydrogens is 344 g/mol. The van der Waals surface area contributed by atoms with Gasteiger partial charge in [-0.25, -0.2) is 4.79 Å². The van der Waals surface area contributed by atoms with Crippen molar-refractivity contribution >= 4 is 29.5 Å². The van der Waals surface area contributed by atoms with E-state index < -0.39 is 24.0 Å². The Morgan fingerprint density at radius 2 is 1.80 bits per heavy atom. The summed E-state index contributed by atoms with van der Waals surface area (Å²) in [5, 5.41) is 4.76. The lowest BCUT2D eigenvalue weighted by Gasteiger charge is -2.58. The molecule has 0 spiro atoms. The predicted molar refractivity (Wildman–Crippen MR) is 93.0 cm³/mol.